The predicted octanol–water partition coefficient (Wildman–Crippen LogP) is 1.83. The fraction of sp³-hybridized carbons (Fsp3) is 0.846. The summed E-state index contributed by atoms with van der Waals surface area (Å²) in [5.74, 6) is 0.981. The number of carbonyl (C=O) groups excluding carboxylic acids is 1. The maximum Gasteiger partial charge on any atom is 0.304 e. The second kappa shape index (κ2) is 3.72. The van der Waals surface area contributed by atoms with E-state index in [9.17, 15) is 9.59 Å². The number of aliphatic carboxylic acids is 1. The molecule has 4 saturated carbocycles. The summed E-state index contributed by atoms with van der Waals surface area (Å²) in [4.78, 5) is 21.7. The van der Waals surface area contributed by atoms with E-state index in [1.807, 2.05) is 0 Å². The van der Waals surface area contributed by atoms with Crippen LogP contribution in [0.3, 0.4) is 0 Å². The van der Waals surface area contributed by atoms with Gasteiger partial charge in [-0.05, 0) is 49.9 Å². The lowest BCUT2D eigenvalue weighted by Crippen LogP contribution is -2.57. The molecule has 4 aliphatic carbocycles. The molecule has 3 unspecified atom stereocenters. The molecular weight excluding hydrogens is 220 g/mol. The fourth-order valence-corrected chi connectivity index (χ4v) is 5.02. The van der Waals surface area contributed by atoms with Gasteiger partial charge in [0.1, 0.15) is 6.10 Å². The van der Waals surface area contributed by atoms with Crippen molar-refractivity contribution in [1.29, 1.82) is 0 Å². The maximum atomic E-state index is 11.1. The highest BCUT2D eigenvalue weighted by molar-refractivity contribution is 5.68. The van der Waals surface area contributed by atoms with Crippen LogP contribution in [0.15, 0.2) is 0 Å². The van der Waals surface area contributed by atoms with E-state index in [-0.39, 0.29) is 17.9 Å². The van der Waals surface area contributed by atoms with Gasteiger partial charge in [-0.2, -0.15) is 0 Å². The van der Waals surface area contributed by atoms with Crippen molar-refractivity contribution < 1.29 is 19.4 Å². The zero-order chi connectivity index (χ0) is 12.0. The molecule has 5 atom stereocenters. The smallest absolute Gasteiger partial charge is 0.304 e. The summed E-state index contributed by atoms with van der Waals surface area (Å²) in [6, 6.07) is 0. The van der Waals surface area contributed by atoms with Crippen molar-refractivity contribution in [1.82, 2.24) is 0 Å². The van der Waals surface area contributed by atoms with Crippen LogP contribution in [-0.2, 0) is 14.3 Å². The Balaban J connectivity index is 1.91. The van der Waals surface area contributed by atoms with Crippen LogP contribution in [0.25, 0.3) is 0 Å². The van der Waals surface area contributed by atoms with Gasteiger partial charge >= 0.3 is 5.97 Å². The minimum atomic E-state index is -0.758. The standard InChI is InChI=1S/C13H18O4/c14-7-17-12-10-2-8-1-9(3-10)5-13(12,4-8)6-11(15)16/h7-10,12H,1-6H2,(H,15,16)/t8-,9+,10?,12?,13?. The Kier molecular flexibility index (Phi) is 2.42. The highest BCUT2D eigenvalue weighted by Crippen LogP contribution is 2.62. The van der Waals surface area contributed by atoms with Crippen LogP contribution in [0, 0.1) is 23.2 Å². The average Bonchev–Trinajstić information content (AvgIpc) is 2.21. The summed E-state index contributed by atoms with van der Waals surface area (Å²) in [5, 5.41) is 9.12. The number of carboxylic acids is 1. The molecule has 1 N–H and O–H groups in total. The molecule has 0 aliphatic heterocycles. The van der Waals surface area contributed by atoms with E-state index in [1.165, 1.54) is 6.42 Å². The van der Waals surface area contributed by atoms with E-state index >= 15 is 0 Å². The SMILES string of the molecule is O=COC1C2C[C@@H]3C[C@H](C2)CC1(CC(=O)O)C3. The number of ether oxygens (including phenoxy) is 1. The van der Waals surface area contributed by atoms with Gasteiger partial charge in [0.25, 0.3) is 6.47 Å². The number of carboxylic acid groups (broad SMARTS) is 1. The average molecular weight is 238 g/mol. The van der Waals surface area contributed by atoms with Crippen LogP contribution in [-0.4, -0.2) is 23.7 Å². The van der Waals surface area contributed by atoms with Crippen molar-refractivity contribution in [2.24, 2.45) is 23.2 Å². The molecule has 0 saturated heterocycles. The van der Waals surface area contributed by atoms with Crippen LogP contribution in [0.2, 0.25) is 0 Å². The van der Waals surface area contributed by atoms with Crippen LogP contribution in [0.5, 0.6) is 0 Å². The third kappa shape index (κ3) is 1.65. The quantitative estimate of drug-likeness (QED) is 0.759. The molecule has 4 nitrogen and oxygen atoms in total. The minimum Gasteiger partial charge on any atom is -0.481 e. The zero-order valence-corrected chi connectivity index (χ0v) is 9.80. The van der Waals surface area contributed by atoms with E-state index in [0.717, 1.165) is 25.7 Å². The third-order valence-corrected chi connectivity index (χ3v) is 5.07. The van der Waals surface area contributed by atoms with E-state index in [4.69, 9.17) is 9.84 Å². The van der Waals surface area contributed by atoms with E-state index < -0.39 is 5.97 Å². The molecule has 4 bridgehead atoms. The van der Waals surface area contributed by atoms with Crippen LogP contribution in [0.1, 0.15) is 38.5 Å². The summed E-state index contributed by atoms with van der Waals surface area (Å²) in [6.07, 6.45) is 5.38. The Morgan fingerprint density at radius 1 is 1.29 bits per heavy atom. The van der Waals surface area contributed by atoms with Crippen molar-refractivity contribution in [3.05, 3.63) is 0 Å². The van der Waals surface area contributed by atoms with Gasteiger partial charge in [-0.1, -0.05) is 0 Å². The molecule has 17 heavy (non-hydrogen) atoms. The first-order valence-corrected chi connectivity index (χ1v) is 6.44. The molecule has 4 rings (SSSR count). The summed E-state index contributed by atoms with van der Waals surface area (Å²) in [7, 11) is 0. The van der Waals surface area contributed by atoms with Crippen LogP contribution >= 0.6 is 0 Å². The van der Waals surface area contributed by atoms with Gasteiger partial charge in [-0.15, -0.1) is 0 Å². The Morgan fingerprint density at radius 2 is 1.94 bits per heavy atom. The molecule has 0 heterocycles. The van der Waals surface area contributed by atoms with Gasteiger partial charge in [-0.3, -0.25) is 9.59 Å². The van der Waals surface area contributed by atoms with E-state index in [2.05, 4.69) is 0 Å². The van der Waals surface area contributed by atoms with Crippen LogP contribution < -0.4 is 0 Å². The molecule has 0 radical (unpaired) electrons. The number of hydrogen-bond donors (Lipinski definition) is 1. The molecule has 0 aromatic rings. The molecule has 4 aliphatic rings. The Hall–Kier alpha value is -1.06. The molecule has 94 valence electrons. The normalized spacial score (nSPS) is 46.8. The lowest BCUT2D eigenvalue weighted by Gasteiger charge is -2.59. The third-order valence-electron chi connectivity index (χ3n) is 5.07. The molecule has 0 aromatic heterocycles. The number of hydrogen-bond acceptors (Lipinski definition) is 3. The summed E-state index contributed by atoms with van der Waals surface area (Å²) >= 11 is 0. The van der Waals surface area contributed by atoms with Gasteiger partial charge in [0, 0.05) is 5.41 Å². The Bertz CT molecular complexity index is 337. The van der Waals surface area contributed by atoms with Gasteiger partial charge < -0.3 is 9.84 Å². The highest BCUT2D eigenvalue weighted by Gasteiger charge is 2.58. The summed E-state index contributed by atoms with van der Waals surface area (Å²) in [6.45, 7) is 0.510. The molecule has 0 aromatic carbocycles. The Morgan fingerprint density at radius 3 is 2.47 bits per heavy atom. The predicted molar refractivity (Wildman–Crippen MR) is 59.2 cm³/mol. The minimum absolute atomic E-state index is 0.149. The summed E-state index contributed by atoms with van der Waals surface area (Å²) < 4.78 is 5.28. The van der Waals surface area contributed by atoms with Crippen molar-refractivity contribution in [2.75, 3.05) is 0 Å². The van der Waals surface area contributed by atoms with E-state index in [0.29, 0.717) is 24.2 Å². The van der Waals surface area contributed by atoms with Crippen molar-refractivity contribution in [3.8, 4) is 0 Å². The monoisotopic (exact) mass is 238 g/mol. The van der Waals surface area contributed by atoms with Crippen molar-refractivity contribution >= 4 is 12.4 Å². The Labute approximate surface area is 100 Å². The highest BCUT2D eigenvalue weighted by atomic mass is 16.5. The largest absolute Gasteiger partial charge is 0.481 e. The lowest BCUT2D eigenvalue weighted by molar-refractivity contribution is -0.189. The van der Waals surface area contributed by atoms with Gasteiger partial charge in [0.15, 0.2) is 0 Å². The van der Waals surface area contributed by atoms with Crippen molar-refractivity contribution in [2.45, 2.75) is 44.6 Å². The summed E-state index contributed by atoms with van der Waals surface area (Å²) in [5.41, 5.74) is -0.262. The molecule has 4 fully saturated rings. The second-order valence-electron chi connectivity index (χ2n) is 6.19. The fourth-order valence-electron chi connectivity index (χ4n) is 5.02. The first-order chi connectivity index (χ1) is 8.13. The first-order valence-electron chi connectivity index (χ1n) is 6.44. The molecular formula is C13H18O4. The topological polar surface area (TPSA) is 63.6 Å². The van der Waals surface area contributed by atoms with Gasteiger partial charge in [-0.25, -0.2) is 0 Å². The van der Waals surface area contributed by atoms with E-state index in [1.54, 1.807) is 0 Å². The zero-order valence-electron chi connectivity index (χ0n) is 9.80. The lowest BCUT2D eigenvalue weighted by atomic mass is 9.47. The number of carbonyl (C=O) groups is 2. The van der Waals surface area contributed by atoms with Crippen molar-refractivity contribution in [3.63, 3.8) is 0 Å². The van der Waals surface area contributed by atoms with Gasteiger partial charge in [0.05, 0.1) is 6.42 Å². The first kappa shape index (κ1) is 11.1. The van der Waals surface area contributed by atoms with Crippen LogP contribution in [0.4, 0.5) is 0 Å². The number of rotatable bonds is 4. The van der Waals surface area contributed by atoms with Gasteiger partial charge in [0.2, 0.25) is 0 Å². The molecule has 0 amide bonds. The second-order valence-corrected chi connectivity index (χ2v) is 6.19. The molecule has 4 heteroatoms. The maximum absolute atomic E-state index is 11.1. The molecule has 0 spiro atoms.